The van der Waals surface area contributed by atoms with Gasteiger partial charge in [-0.2, -0.15) is 0 Å². The van der Waals surface area contributed by atoms with Crippen molar-refractivity contribution in [3.05, 3.63) is 82.2 Å². The fraction of sp³-hybridized carbons (Fsp3) is 0.111. The molecule has 0 aliphatic carbocycles. The maximum atomic E-state index is 12.7. The first-order valence-electron chi connectivity index (χ1n) is 6.85. The summed E-state index contributed by atoms with van der Waals surface area (Å²) in [7, 11) is 1.31. The van der Waals surface area contributed by atoms with Crippen LogP contribution in [0.25, 0.3) is 11.0 Å². The summed E-state index contributed by atoms with van der Waals surface area (Å²) < 4.78 is 10.4. The van der Waals surface area contributed by atoms with Crippen molar-refractivity contribution >= 4 is 16.9 Å². The van der Waals surface area contributed by atoms with Crippen LogP contribution < -0.4 is 5.43 Å². The molecule has 2 aromatic carbocycles. The minimum absolute atomic E-state index is 0.221. The first kappa shape index (κ1) is 14.1. The van der Waals surface area contributed by atoms with Crippen molar-refractivity contribution in [2.45, 2.75) is 5.92 Å². The zero-order valence-electron chi connectivity index (χ0n) is 12.0. The number of rotatable bonds is 3. The predicted octanol–water partition coefficient (Wildman–Crippen LogP) is 3.10. The first-order chi connectivity index (χ1) is 10.7. The van der Waals surface area contributed by atoms with Crippen molar-refractivity contribution in [1.29, 1.82) is 0 Å². The molecule has 1 heterocycles. The molecule has 0 aliphatic heterocycles. The number of carbonyl (C=O) groups is 1. The third-order valence-corrected chi connectivity index (χ3v) is 3.59. The highest BCUT2D eigenvalue weighted by molar-refractivity contribution is 5.84. The second-order valence-corrected chi connectivity index (χ2v) is 4.88. The quantitative estimate of drug-likeness (QED) is 0.696. The van der Waals surface area contributed by atoms with Crippen LogP contribution in [0.3, 0.4) is 0 Å². The Labute approximate surface area is 127 Å². The molecule has 0 spiro atoms. The monoisotopic (exact) mass is 294 g/mol. The van der Waals surface area contributed by atoms with Crippen LogP contribution >= 0.6 is 0 Å². The van der Waals surface area contributed by atoms with Gasteiger partial charge in [-0.25, -0.2) is 0 Å². The number of ether oxygens (including phenoxy) is 1. The second kappa shape index (κ2) is 5.85. The third kappa shape index (κ3) is 2.39. The summed E-state index contributed by atoms with van der Waals surface area (Å²) in [5, 5.41) is 0.449. The number of para-hydroxylation sites is 1. The molecule has 0 fully saturated rings. The van der Waals surface area contributed by atoms with E-state index in [0.717, 1.165) is 0 Å². The lowest BCUT2D eigenvalue weighted by Crippen LogP contribution is -2.22. The van der Waals surface area contributed by atoms with E-state index in [9.17, 15) is 9.59 Å². The van der Waals surface area contributed by atoms with Gasteiger partial charge < -0.3 is 9.15 Å². The fourth-order valence-electron chi connectivity index (χ4n) is 2.50. The molecular formula is C18H14O4. The molecule has 0 saturated carbocycles. The molecule has 0 amide bonds. The smallest absolute Gasteiger partial charge is 0.317 e. The van der Waals surface area contributed by atoms with Crippen molar-refractivity contribution in [3.63, 3.8) is 0 Å². The highest BCUT2D eigenvalue weighted by atomic mass is 16.5. The molecule has 0 radical (unpaired) electrons. The molecule has 22 heavy (non-hydrogen) atoms. The van der Waals surface area contributed by atoms with Crippen LogP contribution in [-0.2, 0) is 9.53 Å². The van der Waals surface area contributed by atoms with E-state index in [1.807, 2.05) is 18.2 Å². The highest BCUT2D eigenvalue weighted by Gasteiger charge is 2.27. The molecule has 1 aromatic heterocycles. The molecule has 1 atom stereocenters. The maximum Gasteiger partial charge on any atom is 0.317 e. The van der Waals surface area contributed by atoms with Gasteiger partial charge in [-0.05, 0) is 17.7 Å². The number of hydrogen-bond acceptors (Lipinski definition) is 4. The van der Waals surface area contributed by atoms with E-state index in [4.69, 9.17) is 9.15 Å². The summed E-state index contributed by atoms with van der Waals surface area (Å²) in [6.45, 7) is 0. The van der Waals surface area contributed by atoms with E-state index in [0.29, 0.717) is 16.5 Å². The number of carbonyl (C=O) groups excluding carboxylic acids is 1. The van der Waals surface area contributed by atoms with E-state index in [1.165, 1.54) is 13.4 Å². The van der Waals surface area contributed by atoms with Crippen molar-refractivity contribution in [1.82, 2.24) is 0 Å². The summed E-state index contributed by atoms with van der Waals surface area (Å²) >= 11 is 0. The lowest BCUT2D eigenvalue weighted by atomic mass is 9.92. The molecule has 3 aromatic rings. The van der Waals surface area contributed by atoms with Gasteiger partial charge in [0.05, 0.1) is 24.3 Å². The minimum Gasteiger partial charge on any atom is -0.468 e. The van der Waals surface area contributed by atoms with Crippen LogP contribution in [-0.4, -0.2) is 13.1 Å². The van der Waals surface area contributed by atoms with Gasteiger partial charge >= 0.3 is 5.97 Å². The number of methoxy groups -OCH3 is 1. The van der Waals surface area contributed by atoms with Gasteiger partial charge in [0.2, 0.25) is 0 Å². The molecule has 0 saturated heterocycles. The van der Waals surface area contributed by atoms with Crippen LogP contribution in [0.1, 0.15) is 17.0 Å². The number of benzene rings is 2. The fourth-order valence-corrected chi connectivity index (χ4v) is 2.50. The Kier molecular flexibility index (Phi) is 3.74. The summed E-state index contributed by atoms with van der Waals surface area (Å²) in [4.78, 5) is 24.9. The molecular weight excluding hydrogens is 280 g/mol. The molecule has 110 valence electrons. The molecule has 4 nitrogen and oxygen atoms in total. The SMILES string of the molecule is COC(=O)C(c1ccccc1)c1coc2ccccc2c1=O. The van der Waals surface area contributed by atoms with Crippen molar-refractivity contribution in [2.24, 2.45) is 0 Å². The minimum atomic E-state index is -0.799. The van der Waals surface area contributed by atoms with Gasteiger partial charge in [-0.15, -0.1) is 0 Å². The van der Waals surface area contributed by atoms with E-state index in [-0.39, 0.29) is 11.0 Å². The van der Waals surface area contributed by atoms with Crippen LogP contribution in [0, 0.1) is 0 Å². The Morgan fingerprint density at radius 1 is 1.05 bits per heavy atom. The summed E-state index contributed by atoms with van der Waals surface area (Å²) in [6, 6.07) is 16.0. The highest BCUT2D eigenvalue weighted by Crippen LogP contribution is 2.25. The maximum absolute atomic E-state index is 12.7. The van der Waals surface area contributed by atoms with Gasteiger partial charge in [0, 0.05) is 0 Å². The number of fused-ring (bicyclic) bond motifs is 1. The molecule has 1 unspecified atom stereocenters. The summed E-state index contributed by atoms with van der Waals surface area (Å²) in [5.41, 5.74) is 1.24. The average Bonchev–Trinajstić information content (AvgIpc) is 2.58. The third-order valence-electron chi connectivity index (χ3n) is 3.59. The van der Waals surface area contributed by atoms with Gasteiger partial charge in [-0.3, -0.25) is 9.59 Å². The summed E-state index contributed by atoms with van der Waals surface area (Å²) in [6.07, 6.45) is 1.35. The Hall–Kier alpha value is -2.88. The second-order valence-electron chi connectivity index (χ2n) is 4.88. The van der Waals surface area contributed by atoms with Crippen LogP contribution in [0.5, 0.6) is 0 Å². The standard InChI is InChI=1S/C18H14O4/c1-21-18(20)16(12-7-3-2-4-8-12)14-11-22-15-10-6-5-9-13(15)17(14)19/h2-11,16H,1H3. The van der Waals surface area contributed by atoms with E-state index in [2.05, 4.69) is 0 Å². The van der Waals surface area contributed by atoms with Crippen molar-refractivity contribution in [2.75, 3.05) is 7.11 Å². The largest absolute Gasteiger partial charge is 0.468 e. The van der Waals surface area contributed by atoms with Crippen LogP contribution in [0.4, 0.5) is 0 Å². The normalized spacial score (nSPS) is 12.0. The molecule has 3 rings (SSSR count). The van der Waals surface area contributed by atoms with Gasteiger partial charge in [-0.1, -0.05) is 42.5 Å². The lowest BCUT2D eigenvalue weighted by molar-refractivity contribution is -0.141. The Morgan fingerprint density at radius 2 is 1.73 bits per heavy atom. The average molecular weight is 294 g/mol. The molecule has 0 bridgehead atoms. The molecule has 0 aliphatic rings. The Bertz CT molecular complexity index is 865. The number of hydrogen-bond donors (Lipinski definition) is 0. The van der Waals surface area contributed by atoms with Gasteiger partial charge in [0.1, 0.15) is 11.5 Å². The van der Waals surface area contributed by atoms with Crippen molar-refractivity contribution in [3.8, 4) is 0 Å². The van der Waals surface area contributed by atoms with Crippen LogP contribution in [0.2, 0.25) is 0 Å². The first-order valence-corrected chi connectivity index (χ1v) is 6.85. The summed E-state index contributed by atoms with van der Waals surface area (Å²) in [5.74, 6) is -1.29. The number of esters is 1. The van der Waals surface area contributed by atoms with Gasteiger partial charge in [0.25, 0.3) is 0 Å². The lowest BCUT2D eigenvalue weighted by Gasteiger charge is -2.14. The van der Waals surface area contributed by atoms with E-state index >= 15 is 0 Å². The van der Waals surface area contributed by atoms with E-state index < -0.39 is 11.9 Å². The Morgan fingerprint density at radius 3 is 2.45 bits per heavy atom. The zero-order chi connectivity index (χ0) is 15.5. The molecule has 4 heteroatoms. The Balaban J connectivity index is 2.23. The van der Waals surface area contributed by atoms with Crippen LogP contribution in [0.15, 0.2) is 70.1 Å². The zero-order valence-corrected chi connectivity index (χ0v) is 12.0. The van der Waals surface area contributed by atoms with Crippen molar-refractivity contribution < 1.29 is 13.9 Å². The predicted molar refractivity (Wildman–Crippen MR) is 82.8 cm³/mol. The van der Waals surface area contributed by atoms with E-state index in [1.54, 1.807) is 36.4 Å². The van der Waals surface area contributed by atoms with Gasteiger partial charge in [0.15, 0.2) is 5.43 Å². The topological polar surface area (TPSA) is 56.5 Å². The molecule has 0 N–H and O–H groups in total.